The zero-order valence-electron chi connectivity index (χ0n) is 5.67. The van der Waals surface area contributed by atoms with Crippen molar-refractivity contribution < 1.29 is 23.8 Å². The molecule has 0 amide bonds. The van der Waals surface area contributed by atoms with Crippen LogP contribution >= 0.6 is 0 Å². The van der Waals surface area contributed by atoms with Crippen molar-refractivity contribution in [3.63, 3.8) is 0 Å². The van der Waals surface area contributed by atoms with E-state index in [2.05, 4.69) is 0 Å². The lowest BCUT2D eigenvalue weighted by molar-refractivity contribution is -0.273. The number of carboxylic acid groups (broad SMARTS) is 1. The van der Waals surface area contributed by atoms with Crippen LogP contribution in [-0.4, -0.2) is 11.1 Å². The Labute approximate surface area is 65.9 Å². The molecule has 0 fully saturated rings. The second kappa shape index (κ2) is 2.77. The molecule has 1 N–H and O–H groups in total. The highest BCUT2D eigenvalue weighted by Crippen LogP contribution is 2.20. The highest BCUT2D eigenvalue weighted by molar-refractivity contribution is 5.90. The summed E-state index contributed by atoms with van der Waals surface area (Å²) in [6, 6.07) is 1.18. The van der Waals surface area contributed by atoms with Gasteiger partial charge in [-0.15, -0.1) is 0 Å². The Kier molecular flexibility index (Phi) is 1.95. The number of carbonyl (C=O) groups is 1. The van der Waals surface area contributed by atoms with E-state index in [1.807, 2.05) is 0 Å². The number of halogens is 2. The predicted molar refractivity (Wildman–Crippen MR) is 32.8 cm³/mol. The van der Waals surface area contributed by atoms with Gasteiger partial charge in [0.15, 0.2) is 0 Å². The molecule has 0 aliphatic rings. The highest BCUT2D eigenvalue weighted by atomic mass is 19.1. The lowest BCUT2D eigenvalue weighted by Gasteiger charge is -2.10. The summed E-state index contributed by atoms with van der Waals surface area (Å²) in [7, 11) is 0. The number of hydrogen-bond donors (Lipinski definition) is 1. The number of aromatic carboxylic acids is 1. The quantitative estimate of drug-likeness (QED) is 0.681. The van der Waals surface area contributed by atoms with Gasteiger partial charge in [-0.3, -0.25) is 0 Å². The Balaban J connectivity index is 3.43. The number of hydrogen-bond acceptors (Lipinski definition) is 2. The second-order valence-electron chi connectivity index (χ2n) is 2.04. The van der Waals surface area contributed by atoms with Gasteiger partial charge in [-0.05, 0) is 12.1 Å². The largest absolute Gasteiger partial charge is 0.870 e. The van der Waals surface area contributed by atoms with Crippen LogP contribution in [0.4, 0.5) is 8.78 Å². The first-order valence-electron chi connectivity index (χ1n) is 2.92. The minimum Gasteiger partial charge on any atom is -0.870 e. The van der Waals surface area contributed by atoms with Crippen LogP contribution in [0.1, 0.15) is 10.4 Å². The Morgan fingerprint density at radius 2 is 1.83 bits per heavy atom. The summed E-state index contributed by atoms with van der Waals surface area (Å²) in [4.78, 5) is 10.2. The van der Waals surface area contributed by atoms with Crippen molar-refractivity contribution in [1.29, 1.82) is 0 Å². The smallest absolute Gasteiger partial charge is 0.338 e. The lowest BCUT2D eigenvalue weighted by Crippen LogP contribution is -2.08. The van der Waals surface area contributed by atoms with E-state index in [-0.39, 0.29) is 0 Å². The summed E-state index contributed by atoms with van der Waals surface area (Å²) in [5.41, 5.74) is -1.16. The van der Waals surface area contributed by atoms with Crippen LogP contribution in [0.15, 0.2) is 12.1 Å². The second-order valence-corrected chi connectivity index (χ2v) is 2.04. The fraction of sp³-hybridized carbons (Fsp3) is 0. The summed E-state index contributed by atoms with van der Waals surface area (Å²) in [6.45, 7) is 0. The number of carboxylic acids is 1. The molecule has 0 unspecified atom stereocenters. The van der Waals surface area contributed by atoms with E-state index in [0.29, 0.717) is 12.1 Å². The third-order valence-corrected chi connectivity index (χ3v) is 1.27. The van der Waals surface area contributed by atoms with Crippen LogP contribution in [0.25, 0.3) is 0 Å². The van der Waals surface area contributed by atoms with Crippen LogP contribution in [0.2, 0.25) is 0 Å². The van der Waals surface area contributed by atoms with Gasteiger partial charge in [0.1, 0.15) is 11.6 Å². The van der Waals surface area contributed by atoms with E-state index in [4.69, 9.17) is 5.11 Å². The first-order chi connectivity index (χ1) is 5.54. The van der Waals surface area contributed by atoms with Gasteiger partial charge in [-0.25, -0.2) is 13.6 Å². The topological polar surface area (TPSA) is 60.4 Å². The highest BCUT2D eigenvalue weighted by Gasteiger charge is 2.12. The van der Waals surface area contributed by atoms with E-state index in [0.717, 1.165) is 0 Å². The normalized spacial score (nSPS) is 9.83. The molecule has 3 nitrogen and oxygen atoms in total. The van der Waals surface area contributed by atoms with Gasteiger partial charge < -0.3 is 10.2 Å². The van der Waals surface area contributed by atoms with Crippen molar-refractivity contribution >= 4 is 5.97 Å². The SMILES string of the molecule is O=C(O)c1c(F)ccc(F)c1[O-]. The van der Waals surface area contributed by atoms with Gasteiger partial charge >= 0.3 is 5.97 Å². The number of benzene rings is 1. The monoisotopic (exact) mass is 173 g/mol. The molecule has 0 atom stereocenters. The molecule has 0 saturated carbocycles. The molecule has 0 aliphatic carbocycles. The van der Waals surface area contributed by atoms with Gasteiger partial charge in [-0.2, -0.15) is 0 Å². The minimum absolute atomic E-state index is 0.587. The molecule has 0 aliphatic heterocycles. The molecular formula is C7H3F2O3-. The summed E-state index contributed by atoms with van der Waals surface area (Å²) >= 11 is 0. The minimum atomic E-state index is -1.77. The maximum absolute atomic E-state index is 12.5. The zero-order chi connectivity index (χ0) is 9.30. The first kappa shape index (κ1) is 8.45. The molecule has 5 heteroatoms. The maximum atomic E-state index is 12.5. The van der Waals surface area contributed by atoms with E-state index in [9.17, 15) is 18.7 Å². The number of rotatable bonds is 1. The Morgan fingerprint density at radius 1 is 1.33 bits per heavy atom. The van der Waals surface area contributed by atoms with Crippen LogP contribution in [0, 0.1) is 11.6 Å². The van der Waals surface area contributed by atoms with Crippen molar-refractivity contribution in [3.05, 3.63) is 29.3 Å². The van der Waals surface area contributed by atoms with E-state index < -0.39 is 28.9 Å². The van der Waals surface area contributed by atoms with Gasteiger partial charge in [0.05, 0.1) is 5.56 Å². The Bertz CT molecular complexity index is 336. The molecular weight excluding hydrogens is 170 g/mol. The van der Waals surface area contributed by atoms with Crippen LogP contribution in [0.3, 0.4) is 0 Å². The fourth-order valence-corrected chi connectivity index (χ4v) is 0.732. The van der Waals surface area contributed by atoms with Gasteiger partial charge in [-0.1, -0.05) is 5.75 Å². The third kappa shape index (κ3) is 1.20. The van der Waals surface area contributed by atoms with E-state index in [1.165, 1.54) is 0 Å². The molecule has 64 valence electrons. The summed E-state index contributed by atoms with van der Waals surface area (Å²) in [5, 5.41) is 18.9. The molecule has 12 heavy (non-hydrogen) atoms. The van der Waals surface area contributed by atoms with E-state index in [1.54, 1.807) is 0 Å². The zero-order valence-corrected chi connectivity index (χ0v) is 5.67. The van der Waals surface area contributed by atoms with Gasteiger partial charge in [0.2, 0.25) is 0 Å². The average Bonchev–Trinajstić information content (AvgIpc) is 1.97. The molecule has 0 radical (unpaired) electrons. The lowest BCUT2D eigenvalue weighted by atomic mass is 10.2. The van der Waals surface area contributed by atoms with Crippen molar-refractivity contribution in [2.45, 2.75) is 0 Å². The third-order valence-electron chi connectivity index (χ3n) is 1.27. The molecule has 1 aromatic carbocycles. The van der Waals surface area contributed by atoms with Crippen LogP contribution < -0.4 is 5.11 Å². The average molecular weight is 173 g/mol. The van der Waals surface area contributed by atoms with Gasteiger partial charge in [0, 0.05) is 0 Å². The summed E-state index contributed by atoms with van der Waals surface area (Å²) in [6.07, 6.45) is 0. The van der Waals surface area contributed by atoms with Crippen molar-refractivity contribution in [3.8, 4) is 5.75 Å². The van der Waals surface area contributed by atoms with Gasteiger partial charge in [0.25, 0.3) is 0 Å². The predicted octanol–water partition coefficient (Wildman–Crippen LogP) is 0.737. The molecule has 0 bridgehead atoms. The van der Waals surface area contributed by atoms with Crippen molar-refractivity contribution in [1.82, 2.24) is 0 Å². The van der Waals surface area contributed by atoms with Crippen LogP contribution in [-0.2, 0) is 0 Å². The van der Waals surface area contributed by atoms with Crippen molar-refractivity contribution in [2.75, 3.05) is 0 Å². The Morgan fingerprint density at radius 3 is 2.25 bits per heavy atom. The fourth-order valence-electron chi connectivity index (χ4n) is 0.732. The standard InChI is InChI=1S/C7H4F2O3/c8-3-1-2-4(9)6(10)5(3)7(11)12/h1-2,10H,(H,11,12)/p-1. The van der Waals surface area contributed by atoms with Crippen molar-refractivity contribution in [2.24, 2.45) is 0 Å². The first-order valence-corrected chi connectivity index (χ1v) is 2.92. The summed E-state index contributed by atoms with van der Waals surface area (Å²) < 4.78 is 24.9. The Hall–Kier alpha value is -1.65. The molecule has 1 aromatic rings. The summed E-state index contributed by atoms with van der Waals surface area (Å²) in [5.74, 6) is -5.69. The maximum Gasteiger partial charge on any atom is 0.338 e. The molecule has 0 spiro atoms. The molecule has 0 aromatic heterocycles. The van der Waals surface area contributed by atoms with Crippen LogP contribution in [0.5, 0.6) is 5.75 Å². The molecule has 1 rings (SSSR count). The van der Waals surface area contributed by atoms with E-state index >= 15 is 0 Å². The molecule has 0 saturated heterocycles. The molecule has 0 heterocycles.